The van der Waals surface area contributed by atoms with Gasteiger partial charge in [0.25, 0.3) is 0 Å². The highest BCUT2D eigenvalue weighted by Crippen LogP contribution is 2.40. The Morgan fingerprint density at radius 3 is 2.04 bits per heavy atom. The van der Waals surface area contributed by atoms with E-state index in [9.17, 15) is 0 Å². The molecule has 0 amide bonds. The second-order valence-corrected chi connectivity index (χ2v) is 13.8. The first kappa shape index (κ1) is 22.6. The lowest BCUT2D eigenvalue weighted by molar-refractivity contribution is 0.828. The van der Waals surface area contributed by atoms with Gasteiger partial charge in [-0.2, -0.15) is 0 Å². The van der Waals surface area contributed by atoms with Gasteiger partial charge in [0, 0.05) is 18.4 Å². The van der Waals surface area contributed by atoms with E-state index in [-0.39, 0.29) is 0 Å². The third-order valence-corrected chi connectivity index (χ3v) is 11.9. The quantitative estimate of drug-likeness (QED) is 0.268. The van der Waals surface area contributed by atoms with Crippen molar-refractivity contribution in [2.75, 3.05) is 0 Å². The molecule has 0 heterocycles. The molecule has 0 aliphatic rings. The molecule has 0 saturated carbocycles. The van der Waals surface area contributed by atoms with E-state index in [0.29, 0.717) is 16.6 Å². The minimum absolute atomic E-state index is 0.701. The molecule has 0 saturated heterocycles. The molecule has 26 heavy (non-hydrogen) atoms. The van der Waals surface area contributed by atoms with Crippen LogP contribution in [0.25, 0.3) is 0 Å². The first-order chi connectivity index (χ1) is 12.4. The first-order valence-electron chi connectivity index (χ1n) is 10.4. The molecule has 1 heteroatoms. The van der Waals surface area contributed by atoms with Crippen LogP contribution in [0.15, 0.2) is 24.3 Å². The normalized spacial score (nSPS) is 11.3. The maximum Gasteiger partial charge on any atom is 0.145 e. The summed E-state index contributed by atoms with van der Waals surface area (Å²) in [5, 5.41) is 0. The second kappa shape index (κ2) is 11.3. The zero-order valence-electron chi connectivity index (χ0n) is 18.1. The molecule has 1 rings (SSSR count). The Balaban J connectivity index is 2.88. The third kappa shape index (κ3) is 6.07. The van der Waals surface area contributed by atoms with Crippen molar-refractivity contribution in [2.45, 2.75) is 97.2 Å². The summed E-state index contributed by atoms with van der Waals surface area (Å²) in [5.74, 6) is 10.3. The van der Waals surface area contributed by atoms with Crippen LogP contribution >= 0.6 is 0 Å². The smallest absolute Gasteiger partial charge is 0.130 e. The van der Waals surface area contributed by atoms with Gasteiger partial charge in [-0.3, -0.25) is 0 Å². The van der Waals surface area contributed by atoms with E-state index in [0.717, 1.165) is 19.3 Å². The van der Waals surface area contributed by atoms with Gasteiger partial charge in [-0.05, 0) is 41.1 Å². The maximum absolute atomic E-state index is 3.83. The summed E-state index contributed by atoms with van der Waals surface area (Å²) >= 11 is 0. The van der Waals surface area contributed by atoms with E-state index in [1.807, 2.05) is 0 Å². The molecule has 0 aliphatic heterocycles. The van der Waals surface area contributed by atoms with Crippen molar-refractivity contribution in [3.63, 3.8) is 0 Å². The van der Waals surface area contributed by atoms with Crippen molar-refractivity contribution >= 4 is 8.07 Å². The fourth-order valence-corrected chi connectivity index (χ4v) is 9.43. The summed E-state index contributed by atoms with van der Waals surface area (Å²) < 4.78 is 0. The van der Waals surface area contributed by atoms with Crippen LogP contribution in [0.2, 0.25) is 16.6 Å². The number of hydrogen-bond acceptors (Lipinski definition) is 0. The lowest BCUT2D eigenvalue weighted by atomic mass is 10.0. The fourth-order valence-electron chi connectivity index (χ4n) is 4.13. The van der Waals surface area contributed by atoms with Gasteiger partial charge in [-0.25, -0.2) is 0 Å². The molecule has 0 nitrogen and oxygen atoms in total. The van der Waals surface area contributed by atoms with E-state index in [4.69, 9.17) is 0 Å². The Kier molecular flexibility index (Phi) is 9.83. The van der Waals surface area contributed by atoms with Crippen LogP contribution in [0.5, 0.6) is 0 Å². The lowest BCUT2D eigenvalue weighted by Crippen LogP contribution is -2.43. The summed E-state index contributed by atoms with van der Waals surface area (Å²) in [4.78, 5) is 0. The molecule has 0 unspecified atom stereocenters. The highest BCUT2D eigenvalue weighted by molar-refractivity contribution is 6.90. The average Bonchev–Trinajstić information content (AvgIpc) is 2.58. The molecule has 0 bridgehead atoms. The zero-order valence-corrected chi connectivity index (χ0v) is 19.1. The summed E-state index contributed by atoms with van der Waals surface area (Å²) in [6.07, 6.45) is 5.33. The van der Waals surface area contributed by atoms with E-state index in [1.165, 1.54) is 24.0 Å². The molecular weight excluding hydrogens is 328 g/mol. The molecule has 1 aromatic rings. The van der Waals surface area contributed by atoms with Gasteiger partial charge in [-0.15, -0.1) is 11.5 Å². The molecule has 0 aliphatic carbocycles. The lowest BCUT2D eigenvalue weighted by Gasteiger charge is -2.38. The van der Waals surface area contributed by atoms with Crippen LogP contribution in [0.4, 0.5) is 0 Å². The molecule has 1 aromatic carbocycles. The Hall–Kier alpha value is -1.44. The molecule has 0 aromatic heterocycles. The largest absolute Gasteiger partial charge is 0.145 e. The average molecular weight is 367 g/mol. The van der Waals surface area contributed by atoms with Gasteiger partial charge in [0.15, 0.2) is 0 Å². The number of benzene rings is 1. The SMILES string of the molecule is CCCCC#Cc1ccccc1CCC#C[Si](C(C)C)(C(C)C)C(C)C. The van der Waals surface area contributed by atoms with E-state index in [1.54, 1.807) is 0 Å². The van der Waals surface area contributed by atoms with Gasteiger partial charge in [0.1, 0.15) is 8.07 Å². The Bertz CT molecular complexity index is 637. The van der Waals surface area contributed by atoms with Crippen LogP contribution in [0, 0.1) is 23.3 Å². The van der Waals surface area contributed by atoms with Crippen LogP contribution in [0.1, 0.15) is 85.3 Å². The van der Waals surface area contributed by atoms with Crippen molar-refractivity contribution in [1.82, 2.24) is 0 Å². The van der Waals surface area contributed by atoms with Gasteiger partial charge >= 0.3 is 0 Å². The maximum atomic E-state index is 3.83. The van der Waals surface area contributed by atoms with E-state index >= 15 is 0 Å². The summed E-state index contributed by atoms with van der Waals surface area (Å²) in [6.45, 7) is 16.5. The van der Waals surface area contributed by atoms with Crippen molar-refractivity contribution in [2.24, 2.45) is 0 Å². The highest BCUT2D eigenvalue weighted by Gasteiger charge is 2.41. The predicted octanol–water partition coefficient (Wildman–Crippen LogP) is 7.38. The van der Waals surface area contributed by atoms with Gasteiger partial charge in [-0.1, -0.05) is 84.9 Å². The molecule has 0 spiro atoms. The van der Waals surface area contributed by atoms with Gasteiger partial charge < -0.3 is 0 Å². The first-order valence-corrected chi connectivity index (χ1v) is 12.7. The summed E-state index contributed by atoms with van der Waals surface area (Å²) in [5.41, 5.74) is 8.47. The molecular formula is C25H38Si. The fraction of sp³-hybridized carbons (Fsp3) is 0.600. The second-order valence-electron chi connectivity index (χ2n) is 8.26. The van der Waals surface area contributed by atoms with Crippen molar-refractivity contribution in [3.05, 3.63) is 35.4 Å². The van der Waals surface area contributed by atoms with Crippen molar-refractivity contribution < 1.29 is 0 Å². The Morgan fingerprint density at radius 1 is 0.846 bits per heavy atom. The Labute approximate surface area is 164 Å². The highest BCUT2D eigenvalue weighted by atomic mass is 28.3. The molecule has 0 atom stereocenters. The van der Waals surface area contributed by atoms with Crippen LogP contribution in [-0.4, -0.2) is 8.07 Å². The predicted molar refractivity (Wildman–Crippen MR) is 120 cm³/mol. The van der Waals surface area contributed by atoms with Crippen LogP contribution in [-0.2, 0) is 6.42 Å². The van der Waals surface area contributed by atoms with Crippen molar-refractivity contribution in [3.8, 4) is 23.3 Å². The van der Waals surface area contributed by atoms with Crippen LogP contribution < -0.4 is 0 Å². The molecule has 0 N–H and O–H groups in total. The number of unbranched alkanes of at least 4 members (excludes halogenated alkanes) is 2. The standard InChI is InChI=1S/C25H38Si/c1-8-9-10-11-16-24-17-12-13-18-25(24)19-14-15-20-26(21(2)3,22(4)5)23(6)7/h12-13,17-18,21-23H,8-10,14,19H2,1-7H3. The van der Waals surface area contributed by atoms with Gasteiger partial charge in [0.05, 0.1) is 0 Å². The Morgan fingerprint density at radius 2 is 1.46 bits per heavy atom. The topological polar surface area (TPSA) is 0 Å². The van der Waals surface area contributed by atoms with E-state index in [2.05, 4.69) is 96.0 Å². The third-order valence-electron chi connectivity index (χ3n) is 5.59. The minimum atomic E-state index is -1.60. The van der Waals surface area contributed by atoms with Gasteiger partial charge in [0.2, 0.25) is 0 Å². The molecule has 0 fully saturated rings. The van der Waals surface area contributed by atoms with E-state index < -0.39 is 8.07 Å². The van der Waals surface area contributed by atoms with Crippen LogP contribution in [0.3, 0.4) is 0 Å². The monoisotopic (exact) mass is 366 g/mol. The minimum Gasteiger partial charge on any atom is -0.130 e. The number of rotatable bonds is 7. The van der Waals surface area contributed by atoms with Crippen molar-refractivity contribution in [1.29, 1.82) is 0 Å². The summed E-state index contributed by atoms with van der Waals surface area (Å²) in [7, 11) is -1.60. The summed E-state index contributed by atoms with van der Waals surface area (Å²) in [6, 6.07) is 8.57. The molecule has 0 radical (unpaired) electrons. The number of aryl methyl sites for hydroxylation is 1. The zero-order chi connectivity index (χ0) is 19.6. The number of hydrogen-bond donors (Lipinski definition) is 0. The molecule has 142 valence electrons.